The third kappa shape index (κ3) is 2.14. The average molecular weight is 366 g/mol. The number of anilines is 2. The lowest BCUT2D eigenvalue weighted by Crippen LogP contribution is -2.44. The number of benzene rings is 2. The molecule has 2 aliphatic rings. The van der Waals surface area contributed by atoms with Crippen molar-refractivity contribution in [1.29, 1.82) is 5.26 Å². The predicted molar refractivity (Wildman–Crippen MR) is 91.9 cm³/mol. The van der Waals surface area contributed by atoms with Gasteiger partial charge in [-0.25, -0.2) is 0 Å². The fourth-order valence-corrected chi connectivity index (χ4v) is 3.51. The lowest BCUT2D eigenvalue weighted by molar-refractivity contribution is -0.115. The number of amides is 1. The SMILES string of the molecule is N#CC1=CC2Nc3ccccc3C2N(c2ccc(Br)cc2)C1=O. The largest absolute Gasteiger partial charge is 0.376 e. The minimum absolute atomic E-state index is 0.0941. The maximum absolute atomic E-state index is 12.8. The fourth-order valence-electron chi connectivity index (χ4n) is 3.24. The highest BCUT2D eigenvalue weighted by atomic mass is 79.9. The van der Waals surface area contributed by atoms with Gasteiger partial charge in [0.05, 0.1) is 12.1 Å². The Kier molecular flexibility index (Phi) is 3.21. The van der Waals surface area contributed by atoms with Gasteiger partial charge in [-0.2, -0.15) is 5.26 Å². The monoisotopic (exact) mass is 365 g/mol. The highest BCUT2D eigenvalue weighted by Gasteiger charge is 2.43. The van der Waals surface area contributed by atoms with Gasteiger partial charge in [-0.05, 0) is 36.4 Å². The van der Waals surface area contributed by atoms with Crippen molar-refractivity contribution in [3.8, 4) is 6.07 Å². The maximum Gasteiger partial charge on any atom is 0.269 e. The summed E-state index contributed by atoms with van der Waals surface area (Å²) in [6.45, 7) is 0. The zero-order chi connectivity index (χ0) is 16.0. The second-order valence-electron chi connectivity index (χ2n) is 5.55. The average Bonchev–Trinajstić information content (AvgIpc) is 2.93. The quantitative estimate of drug-likeness (QED) is 0.836. The number of fused-ring (bicyclic) bond motifs is 3. The van der Waals surface area contributed by atoms with E-state index in [9.17, 15) is 10.1 Å². The Bertz CT molecular complexity index is 867. The van der Waals surface area contributed by atoms with Gasteiger partial charge in [0.15, 0.2) is 0 Å². The van der Waals surface area contributed by atoms with E-state index in [0.717, 1.165) is 21.4 Å². The fraction of sp³-hybridized carbons (Fsp3) is 0.111. The number of nitriles is 1. The molecule has 2 atom stereocenters. The van der Waals surface area contributed by atoms with Crippen LogP contribution in [-0.4, -0.2) is 11.9 Å². The summed E-state index contributed by atoms with van der Waals surface area (Å²) in [5.41, 5.74) is 3.04. The number of nitrogens with zero attached hydrogens (tertiary/aromatic N) is 2. The number of carbonyl (C=O) groups excluding carboxylic acids is 1. The molecule has 2 aromatic rings. The van der Waals surface area contributed by atoms with Gasteiger partial charge in [-0.1, -0.05) is 34.1 Å². The number of carbonyl (C=O) groups is 1. The molecule has 112 valence electrons. The number of rotatable bonds is 1. The van der Waals surface area contributed by atoms with Crippen molar-refractivity contribution in [2.45, 2.75) is 12.1 Å². The van der Waals surface area contributed by atoms with E-state index in [1.807, 2.05) is 54.6 Å². The van der Waals surface area contributed by atoms with Crippen LogP contribution >= 0.6 is 15.9 Å². The summed E-state index contributed by atoms with van der Waals surface area (Å²) < 4.78 is 0.947. The summed E-state index contributed by atoms with van der Waals surface area (Å²) in [4.78, 5) is 14.5. The molecule has 0 aromatic heterocycles. The standard InChI is InChI=1S/C18H12BrN3O/c19-12-5-7-13(8-6-12)22-17-14-3-1-2-4-15(14)21-16(17)9-11(10-20)18(22)23/h1-9,16-17,21H. The summed E-state index contributed by atoms with van der Waals surface area (Å²) in [5.74, 6) is -0.255. The molecule has 0 saturated carbocycles. The molecule has 5 heteroatoms. The van der Waals surface area contributed by atoms with Crippen molar-refractivity contribution in [3.05, 3.63) is 70.2 Å². The third-order valence-electron chi connectivity index (χ3n) is 4.24. The Morgan fingerprint density at radius 1 is 1.13 bits per heavy atom. The van der Waals surface area contributed by atoms with Crippen LogP contribution in [0.1, 0.15) is 11.6 Å². The molecule has 0 bridgehead atoms. The molecule has 4 nitrogen and oxygen atoms in total. The molecule has 1 amide bonds. The van der Waals surface area contributed by atoms with E-state index in [-0.39, 0.29) is 23.6 Å². The lowest BCUT2D eigenvalue weighted by Gasteiger charge is -2.35. The van der Waals surface area contributed by atoms with E-state index < -0.39 is 0 Å². The first-order chi connectivity index (χ1) is 11.2. The Balaban J connectivity index is 1.88. The Morgan fingerprint density at radius 3 is 2.61 bits per heavy atom. The van der Waals surface area contributed by atoms with Crippen LogP contribution in [0.2, 0.25) is 0 Å². The molecule has 1 N–H and O–H groups in total. The first kappa shape index (κ1) is 14.0. The van der Waals surface area contributed by atoms with E-state index in [1.165, 1.54) is 0 Å². The second-order valence-corrected chi connectivity index (χ2v) is 6.46. The van der Waals surface area contributed by atoms with Crippen LogP contribution in [0.25, 0.3) is 0 Å². The van der Waals surface area contributed by atoms with Gasteiger partial charge in [-0.3, -0.25) is 9.69 Å². The van der Waals surface area contributed by atoms with Crippen LogP contribution in [0, 0.1) is 11.3 Å². The molecule has 0 saturated heterocycles. The van der Waals surface area contributed by atoms with Crippen LogP contribution < -0.4 is 10.2 Å². The van der Waals surface area contributed by atoms with Gasteiger partial charge in [0.1, 0.15) is 11.6 Å². The molecule has 4 rings (SSSR count). The molecule has 2 aliphatic heterocycles. The summed E-state index contributed by atoms with van der Waals surface area (Å²) in [6.07, 6.45) is 1.74. The van der Waals surface area contributed by atoms with Gasteiger partial charge >= 0.3 is 0 Å². The van der Waals surface area contributed by atoms with Crippen molar-refractivity contribution in [3.63, 3.8) is 0 Å². The first-order valence-electron chi connectivity index (χ1n) is 7.25. The smallest absolute Gasteiger partial charge is 0.269 e. The highest BCUT2D eigenvalue weighted by Crippen LogP contribution is 2.44. The molecule has 0 aliphatic carbocycles. The summed E-state index contributed by atoms with van der Waals surface area (Å²) in [7, 11) is 0. The second kappa shape index (κ2) is 5.25. The van der Waals surface area contributed by atoms with Gasteiger partial charge < -0.3 is 5.32 Å². The zero-order valence-electron chi connectivity index (χ0n) is 12.0. The van der Waals surface area contributed by atoms with E-state index in [4.69, 9.17) is 0 Å². The number of hydrogen-bond acceptors (Lipinski definition) is 3. The Hall–Kier alpha value is -2.58. The summed E-state index contributed by atoms with van der Waals surface area (Å²) in [5, 5.41) is 12.7. The zero-order valence-corrected chi connectivity index (χ0v) is 13.6. The lowest BCUT2D eigenvalue weighted by atomic mass is 9.94. The molecular weight excluding hydrogens is 354 g/mol. The number of halogens is 1. The number of nitrogens with one attached hydrogen (secondary N) is 1. The molecule has 0 fully saturated rings. The number of para-hydroxylation sites is 1. The van der Waals surface area contributed by atoms with E-state index in [1.54, 1.807) is 11.0 Å². The molecular formula is C18H12BrN3O. The Labute approximate surface area is 142 Å². The summed E-state index contributed by atoms with van der Waals surface area (Å²) in [6, 6.07) is 17.3. The highest BCUT2D eigenvalue weighted by molar-refractivity contribution is 9.10. The molecule has 2 heterocycles. The minimum atomic E-state index is -0.255. The van der Waals surface area contributed by atoms with Gasteiger partial charge in [-0.15, -0.1) is 0 Å². The van der Waals surface area contributed by atoms with E-state index in [2.05, 4.69) is 21.2 Å². The van der Waals surface area contributed by atoms with Crippen LogP contribution in [0.5, 0.6) is 0 Å². The molecule has 23 heavy (non-hydrogen) atoms. The van der Waals surface area contributed by atoms with E-state index in [0.29, 0.717) is 0 Å². The van der Waals surface area contributed by atoms with Gasteiger partial charge in [0.2, 0.25) is 0 Å². The topological polar surface area (TPSA) is 56.1 Å². The normalized spacial score (nSPS) is 21.8. The van der Waals surface area contributed by atoms with Gasteiger partial charge in [0.25, 0.3) is 5.91 Å². The third-order valence-corrected chi connectivity index (χ3v) is 4.77. The van der Waals surface area contributed by atoms with Crippen molar-refractivity contribution in [2.24, 2.45) is 0 Å². The first-order valence-corrected chi connectivity index (χ1v) is 8.05. The molecule has 2 aromatic carbocycles. The van der Waals surface area contributed by atoms with Crippen LogP contribution in [0.4, 0.5) is 11.4 Å². The van der Waals surface area contributed by atoms with E-state index >= 15 is 0 Å². The minimum Gasteiger partial charge on any atom is -0.376 e. The molecule has 0 radical (unpaired) electrons. The van der Waals surface area contributed by atoms with Crippen LogP contribution in [-0.2, 0) is 4.79 Å². The Morgan fingerprint density at radius 2 is 1.87 bits per heavy atom. The maximum atomic E-state index is 12.8. The predicted octanol–water partition coefficient (Wildman–Crippen LogP) is 3.78. The summed E-state index contributed by atoms with van der Waals surface area (Å²) >= 11 is 3.41. The van der Waals surface area contributed by atoms with Crippen molar-refractivity contribution in [1.82, 2.24) is 0 Å². The van der Waals surface area contributed by atoms with Crippen LogP contribution in [0.15, 0.2) is 64.7 Å². The van der Waals surface area contributed by atoms with Crippen molar-refractivity contribution >= 4 is 33.2 Å². The molecule has 2 unspecified atom stereocenters. The van der Waals surface area contributed by atoms with Crippen LogP contribution in [0.3, 0.4) is 0 Å². The molecule has 0 spiro atoms. The number of hydrogen-bond donors (Lipinski definition) is 1. The van der Waals surface area contributed by atoms with Crippen molar-refractivity contribution < 1.29 is 4.79 Å². The van der Waals surface area contributed by atoms with Crippen molar-refractivity contribution in [2.75, 3.05) is 10.2 Å². The van der Waals surface area contributed by atoms with Gasteiger partial charge in [0, 0.05) is 21.4 Å².